The molecule has 0 spiro atoms. The summed E-state index contributed by atoms with van der Waals surface area (Å²) in [6, 6.07) is 9.45. The number of nitrogens with zero attached hydrogens (tertiary/aromatic N) is 4. The van der Waals surface area contributed by atoms with Crippen molar-refractivity contribution in [2.75, 3.05) is 14.1 Å². The molecule has 1 fully saturated rings. The number of aryl methyl sites for hydroxylation is 2. The van der Waals surface area contributed by atoms with Crippen molar-refractivity contribution in [3.05, 3.63) is 58.6 Å². The van der Waals surface area contributed by atoms with E-state index >= 15 is 0 Å². The third-order valence-electron chi connectivity index (χ3n) is 5.98. The second-order valence-corrected chi connectivity index (χ2v) is 11.0. The van der Waals surface area contributed by atoms with Crippen molar-refractivity contribution in [1.82, 2.24) is 18.8 Å². The Hall–Kier alpha value is -2.49. The van der Waals surface area contributed by atoms with Crippen molar-refractivity contribution < 1.29 is 17.6 Å². The largest absolute Gasteiger partial charge is 0.335 e. The van der Waals surface area contributed by atoms with Gasteiger partial charge in [-0.1, -0.05) is 17.7 Å². The Balaban J connectivity index is 1.52. The summed E-state index contributed by atoms with van der Waals surface area (Å²) < 4.78 is 42.1. The fourth-order valence-electron chi connectivity index (χ4n) is 3.85. The summed E-state index contributed by atoms with van der Waals surface area (Å²) in [5.74, 6) is 0.178. The van der Waals surface area contributed by atoms with Crippen LogP contribution >= 0.6 is 11.6 Å². The van der Waals surface area contributed by atoms with Gasteiger partial charge in [-0.25, -0.2) is 22.1 Å². The van der Waals surface area contributed by atoms with Crippen molar-refractivity contribution in [1.29, 1.82) is 0 Å². The van der Waals surface area contributed by atoms with Gasteiger partial charge in [0.05, 0.1) is 22.5 Å². The van der Waals surface area contributed by atoms with E-state index in [4.69, 9.17) is 11.6 Å². The molecule has 4 rings (SSSR count). The second kappa shape index (κ2) is 9.04. The number of hydrogen-bond acceptors (Lipinski definition) is 4. The van der Waals surface area contributed by atoms with Crippen LogP contribution in [0.25, 0.3) is 11.0 Å². The van der Waals surface area contributed by atoms with Crippen molar-refractivity contribution in [2.45, 2.75) is 43.2 Å². The van der Waals surface area contributed by atoms with Gasteiger partial charge in [0.1, 0.15) is 11.6 Å². The maximum absolute atomic E-state index is 14.3. The molecular weight excluding hydrogens is 467 g/mol. The van der Waals surface area contributed by atoms with Gasteiger partial charge in [-0.2, -0.15) is 0 Å². The Morgan fingerprint density at radius 2 is 1.97 bits per heavy atom. The Kier molecular flexibility index (Phi) is 6.48. The lowest BCUT2D eigenvalue weighted by molar-refractivity contribution is -0.132. The van der Waals surface area contributed by atoms with E-state index in [-0.39, 0.29) is 29.8 Å². The molecule has 0 unspecified atom stereocenters. The summed E-state index contributed by atoms with van der Waals surface area (Å²) in [6.07, 6.45) is 2.39. The lowest BCUT2D eigenvalue weighted by Crippen LogP contribution is -2.33. The third-order valence-corrected chi connectivity index (χ3v) is 8.15. The number of imidazole rings is 1. The average molecular weight is 493 g/mol. The standard InChI is InChI=1S/C23H26ClFN4O3S/c1-27(2)33(31,32)16-9-10-21-20(13-16)26-22(28(21)3)11-12-23(30)29(15-7-8-15)14-17-18(24)5-4-6-19(17)25/h4-6,9-10,13,15H,7-8,11-12,14H2,1-3H3. The van der Waals surface area contributed by atoms with Crippen LogP contribution in [0.3, 0.4) is 0 Å². The highest BCUT2D eigenvalue weighted by Crippen LogP contribution is 2.31. The number of benzene rings is 2. The lowest BCUT2D eigenvalue weighted by Gasteiger charge is -2.23. The molecule has 1 aliphatic rings. The molecule has 1 saturated carbocycles. The number of amides is 1. The first-order valence-corrected chi connectivity index (χ1v) is 12.5. The molecule has 0 N–H and O–H groups in total. The maximum Gasteiger partial charge on any atom is 0.242 e. The van der Waals surface area contributed by atoms with Gasteiger partial charge >= 0.3 is 0 Å². The van der Waals surface area contributed by atoms with Crippen LogP contribution in [0.4, 0.5) is 4.39 Å². The van der Waals surface area contributed by atoms with Gasteiger partial charge in [-0.15, -0.1) is 0 Å². The number of rotatable bonds is 8. The highest BCUT2D eigenvalue weighted by atomic mass is 35.5. The molecular formula is C23H26ClFN4O3S. The summed E-state index contributed by atoms with van der Waals surface area (Å²) >= 11 is 6.17. The van der Waals surface area contributed by atoms with Gasteiger partial charge in [-0.05, 0) is 43.2 Å². The van der Waals surface area contributed by atoms with Crippen LogP contribution in [0.2, 0.25) is 5.02 Å². The highest BCUT2D eigenvalue weighted by Gasteiger charge is 2.33. The Labute approximate surface area is 197 Å². The molecule has 0 atom stereocenters. The Bertz CT molecular complexity index is 1300. The zero-order valence-electron chi connectivity index (χ0n) is 18.8. The average Bonchev–Trinajstić information content (AvgIpc) is 3.55. The highest BCUT2D eigenvalue weighted by molar-refractivity contribution is 7.89. The van der Waals surface area contributed by atoms with Gasteiger partial charge in [0.15, 0.2) is 0 Å². The summed E-state index contributed by atoms with van der Waals surface area (Å²) in [5.41, 5.74) is 1.67. The van der Waals surface area contributed by atoms with Crippen molar-refractivity contribution in [3.63, 3.8) is 0 Å². The minimum Gasteiger partial charge on any atom is -0.335 e. The Morgan fingerprint density at radius 1 is 1.24 bits per heavy atom. The molecule has 1 heterocycles. The van der Waals surface area contributed by atoms with Crippen LogP contribution < -0.4 is 0 Å². The molecule has 0 bridgehead atoms. The summed E-state index contributed by atoms with van der Waals surface area (Å²) in [5, 5.41) is 0.312. The molecule has 2 aromatic carbocycles. The number of carbonyl (C=O) groups excluding carboxylic acids is 1. The first kappa shape index (κ1) is 23.7. The van der Waals surface area contributed by atoms with Crippen molar-refractivity contribution in [2.24, 2.45) is 7.05 Å². The molecule has 7 nitrogen and oxygen atoms in total. The number of aromatic nitrogens is 2. The van der Waals surface area contributed by atoms with Crippen molar-refractivity contribution in [3.8, 4) is 0 Å². The SMILES string of the molecule is CN(C)S(=O)(=O)c1ccc2c(c1)nc(CCC(=O)N(Cc1c(F)cccc1Cl)C1CC1)n2C. The first-order valence-electron chi connectivity index (χ1n) is 10.7. The van der Waals surface area contributed by atoms with Crippen LogP contribution in [0.5, 0.6) is 0 Å². The van der Waals surface area contributed by atoms with Gasteiger partial charge < -0.3 is 9.47 Å². The zero-order valence-corrected chi connectivity index (χ0v) is 20.3. The summed E-state index contributed by atoms with van der Waals surface area (Å²) in [7, 11) is 1.24. The smallest absolute Gasteiger partial charge is 0.242 e. The lowest BCUT2D eigenvalue weighted by atomic mass is 10.1. The molecule has 176 valence electrons. The van der Waals surface area contributed by atoms with Gasteiger partial charge in [-0.3, -0.25) is 4.79 Å². The molecule has 0 aliphatic heterocycles. The molecule has 0 saturated heterocycles. The maximum atomic E-state index is 14.3. The number of hydrogen-bond donors (Lipinski definition) is 0. The molecule has 33 heavy (non-hydrogen) atoms. The Morgan fingerprint density at radius 3 is 2.61 bits per heavy atom. The van der Waals surface area contributed by atoms with Crippen molar-refractivity contribution >= 4 is 38.6 Å². The number of fused-ring (bicyclic) bond motifs is 1. The van der Waals surface area contributed by atoms with E-state index in [0.29, 0.717) is 28.3 Å². The molecule has 1 amide bonds. The predicted octanol–water partition coefficient (Wildman–Crippen LogP) is 3.74. The topological polar surface area (TPSA) is 75.5 Å². The van der Waals surface area contributed by atoms with E-state index < -0.39 is 15.8 Å². The van der Waals surface area contributed by atoms with E-state index in [1.165, 1.54) is 20.2 Å². The van der Waals surface area contributed by atoms with Crippen LogP contribution in [0, 0.1) is 5.82 Å². The second-order valence-electron chi connectivity index (χ2n) is 8.48. The quantitative estimate of drug-likeness (QED) is 0.480. The fraction of sp³-hybridized carbons (Fsp3) is 0.391. The molecule has 1 aromatic heterocycles. The van der Waals surface area contributed by atoms with Crippen LogP contribution in [0.1, 0.15) is 30.7 Å². The molecule has 3 aromatic rings. The van der Waals surface area contributed by atoms with Crippen LogP contribution in [-0.4, -0.2) is 53.2 Å². The monoisotopic (exact) mass is 492 g/mol. The first-order chi connectivity index (χ1) is 15.6. The molecule has 10 heteroatoms. The van der Waals surface area contributed by atoms with Gasteiger partial charge in [0.25, 0.3) is 0 Å². The summed E-state index contributed by atoms with van der Waals surface area (Å²) in [6.45, 7) is 0.142. The predicted molar refractivity (Wildman–Crippen MR) is 125 cm³/mol. The van der Waals surface area contributed by atoms with Crippen LogP contribution in [-0.2, 0) is 34.8 Å². The van der Waals surface area contributed by atoms with Gasteiger partial charge in [0.2, 0.25) is 15.9 Å². The van der Waals surface area contributed by atoms with E-state index in [1.807, 2.05) is 11.6 Å². The normalized spacial score (nSPS) is 14.2. The molecule has 1 aliphatic carbocycles. The fourth-order valence-corrected chi connectivity index (χ4v) is 4.99. The third kappa shape index (κ3) is 4.76. The number of halogens is 2. The van der Waals surface area contributed by atoms with E-state index in [2.05, 4.69) is 4.98 Å². The molecule has 0 radical (unpaired) electrons. The van der Waals surface area contributed by atoms with E-state index in [9.17, 15) is 17.6 Å². The van der Waals surface area contributed by atoms with E-state index in [0.717, 1.165) is 22.7 Å². The number of carbonyl (C=O) groups is 1. The number of sulfonamides is 1. The minimum atomic E-state index is -3.57. The van der Waals surface area contributed by atoms with E-state index in [1.54, 1.807) is 35.2 Å². The summed E-state index contributed by atoms with van der Waals surface area (Å²) in [4.78, 5) is 19.5. The minimum absolute atomic E-state index is 0.0836. The van der Waals surface area contributed by atoms with Crippen LogP contribution in [0.15, 0.2) is 41.3 Å². The zero-order chi connectivity index (χ0) is 23.9. The van der Waals surface area contributed by atoms with Gasteiger partial charge in [0, 0.05) is 50.6 Å².